The second kappa shape index (κ2) is 4.35. The summed E-state index contributed by atoms with van der Waals surface area (Å²) in [5.41, 5.74) is -1.17. The molecule has 24 heavy (non-hydrogen) atoms. The van der Waals surface area contributed by atoms with E-state index in [0.29, 0.717) is 47.7 Å². The Labute approximate surface area is 144 Å². The Balaban J connectivity index is 1.58. The molecule has 0 spiro atoms. The van der Waals surface area contributed by atoms with Crippen LogP contribution in [0.2, 0.25) is 0 Å². The molecule has 4 fully saturated rings. The molecule has 5 unspecified atom stereocenters. The van der Waals surface area contributed by atoms with E-state index in [4.69, 9.17) is 0 Å². The number of carbonyl (C=O) groups excluding carboxylic acids is 1. The van der Waals surface area contributed by atoms with Gasteiger partial charge < -0.3 is 10.2 Å². The predicted octanol–water partition coefficient (Wildman–Crippen LogP) is 2.95. The summed E-state index contributed by atoms with van der Waals surface area (Å²) in [6.45, 7) is 6.71. The van der Waals surface area contributed by atoms with Crippen molar-refractivity contribution in [3.8, 4) is 0 Å². The van der Waals surface area contributed by atoms with Crippen molar-refractivity contribution in [3.05, 3.63) is 12.2 Å². The summed E-state index contributed by atoms with van der Waals surface area (Å²) in [6.07, 6.45) is 8.03. The van der Waals surface area contributed by atoms with E-state index < -0.39 is 5.60 Å². The minimum absolute atomic E-state index is 0.132. The Morgan fingerprint density at radius 3 is 2.71 bits per heavy atom. The van der Waals surface area contributed by atoms with Crippen molar-refractivity contribution >= 4 is 5.78 Å². The van der Waals surface area contributed by atoms with Gasteiger partial charge in [0.05, 0.1) is 11.7 Å². The molecule has 0 aromatic rings. The third-order valence-corrected chi connectivity index (χ3v) is 9.26. The number of aliphatic hydroxyl groups is 2. The Kier molecular flexibility index (Phi) is 2.82. The van der Waals surface area contributed by atoms with Crippen LogP contribution in [0, 0.1) is 46.3 Å². The molecule has 0 aliphatic heterocycles. The molecule has 0 radical (unpaired) electrons. The molecule has 5 rings (SSSR count). The lowest BCUT2D eigenvalue weighted by atomic mass is 9.45. The van der Waals surface area contributed by atoms with Gasteiger partial charge in [-0.25, -0.2) is 0 Å². The Morgan fingerprint density at radius 1 is 1.21 bits per heavy atom. The van der Waals surface area contributed by atoms with E-state index in [1.54, 1.807) is 0 Å². The number of hydrogen-bond acceptors (Lipinski definition) is 3. The summed E-state index contributed by atoms with van der Waals surface area (Å²) >= 11 is 0. The number of hydrogen-bond donors (Lipinski definition) is 2. The maximum atomic E-state index is 12.9. The molecule has 0 aromatic heterocycles. The second-order valence-electron chi connectivity index (χ2n) is 10.1. The monoisotopic (exact) mass is 330 g/mol. The molecule has 0 bridgehead atoms. The van der Waals surface area contributed by atoms with Gasteiger partial charge in [0.1, 0.15) is 5.78 Å². The average Bonchev–Trinajstić information content (AvgIpc) is 3.10. The third-order valence-electron chi connectivity index (χ3n) is 9.26. The maximum absolute atomic E-state index is 12.9. The van der Waals surface area contributed by atoms with Gasteiger partial charge in [-0.2, -0.15) is 0 Å². The largest absolute Gasteiger partial charge is 0.393 e. The normalized spacial score (nSPS) is 64.0. The quantitative estimate of drug-likeness (QED) is 0.671. The summed E-state index contributed by atoms with van der Waals surface area (Å²) < 4.78 is 0. The molecule has 132 valence electrons. The topological polar surface area (TPSA) is 57.5 Å². The van der Waals surface area contributed by atoms with Crippen molar-refractivity contribution in [2.75, 3.05) is 0 Å². The van der Waals surface area contributed by atoms with Crippen LogP contribution in [0.5, 0.6) is 0 Å². The zero-order chi connectivity index (χ0) is 17.1. The first-order valence-electron chi connectivity index (χ1n) is 9.87. The van der Waals surface area contributed by atoms with Gasteiger partial charge >= 0.3 is 0 Å². The van der Waals surface area contributed by atoms with Gasteiger partial charge in [-0.3, -0.25) is 4.79 Å². The van der Waals surface area contributed by atoms with Crippen LogP contribution >= 0.6 is 0 Å². The zero-order valence-electron chi connectivity index (χ0n) is 15.0. The molecular weight excluding hydrogens is 300 g/mol. The van der Waals surface area contributed by atoms with E-state index in [2.05, 4.69) is 26.8 Å². The van der Waals surface area contributed by atoms with Crippen LogP contribution in [-0.4, -0.2) is 27.7 Å². The molecule has 0 heterocycles. The third kappa shape index (κ3) is 1.55. The average molecular weight is 330 g/mol. The number of Topliss-reactive ketones (excluding diaryl/α,β-unsaturated/α-hetero) is 1. The molecule has 4 saturated carbocycles. The minimum Gasteiger partial charge on any atom is -0.393 e. The van der Waals surface area contributed by atoms with E-state index in [0.717, 1.165) is 25.7 Å². The van der Waals surface area contributed by atoms with Crippen molar-refractivity contribution in [1.29, 1.82) is 0 Å². The van der Waals surface area contributed by atoms with Crippen molar-refractivity contribution < 1.29 is 15.0 Å². The lowest BCUT2D eigenvalue weighted by Crippen LogP contribution is -2.61. The summed E-state index contributed by atoms with van der Waals surface area (Å²) in [7, 11) is 0. The van der Waals surface area contributed by atoms with Gasteiger partial charge in [0.25, 0.3) is 0 Å². The number of ketones is 1. The number of fused-ring (bicyclic) bond motifs is 7. The lowest BCUT2D eigenvalue weighted by Gasteiger charge is -2.61. The SMILES string of the molecule is C[C@@H]1C2C(=O)[C@@]3(C)CCC4C(C=C[C@]5(O)C[C@@H](O)CC[C@]45C)C3C21. The van der Waals surface area contributed by atoms with E-state index in [1.165, 1.54) is 0 Å². The van der Waals surface area contributed by atoms with E-state index in [-0.39, 0.29) is 16.9 Å². The van der Waals surface area contributed by atoms with Crippen molar-refractivity contribution in [1.82, 2.24) is 0 Å². The zero-order valence-corrected chi connectivity index (χ0v) is 15.0. The summed E-state index contributed by atoms with van der Waals surface area (Å²) in [5.74, 6) is 3.31. The van der Waals surface area contributed by atoms with Gasteiger partial charge in [0, 0.05) is 23.2 Å². The second-order valence-corrected chi connectivity index (χ2v) is 10.1. The van der Waals surface area contributed by atoms with Gasteiger partial charge in [-0.15, -0.1) is 0 Å². The van der Waals surface area contributed by atoms with Crippen molar-refractivity contribution in [3.63, 3.8) is 0 Å². The van der Waals surface area contributed by atoms with E-state index in [1.807, 2.05) is 6.08 Å². The first-order valence-corrected chi connectivity index (χ1v) is 9.87. The maximum Gasteiger partial charge on any atom is 0.142 e. The highest BCUT2D eigenvalue weighted by atomic mass is 16.3. The van der Waals surface area contributed by atoms with Crippen LogP contribution in [0.25, 0.3) is 0 Å². The molecule has 5 aliphatic rings. The smallest absolute Gasteiger partial charge is 0.142 e. The van der Waals surface area contributed by atoms with Crippen LogP contribution in [0.3, 0.4) is 0 Å². The van der Waals surface area contributed by atoms with Gasteiger partial charge in [0.2, 0.25) is 0 Å². The van der Waals surface area contributed by atoms with Crippen LogP contribution in [0.15, 0.2) is 12.2 Å². The van der Waals surface area contributed by atoms with Gasteiger partial charge in [-0.05, 0) is 55.3 Å². The first-order chi connectivity index (χ1) is 11.2. The van der Waals surface area contributed by atoms with Crippen LogP contribution in [0.1, 0.15) is 52.9 Å². The van der Waals surface area contributed by atoms with Gasteiger partial charge in [0.15, 0.2) is 0 Å². The molecule has 3 heteroatoms. The highest BCUT2D eigenvalue weighted by Crippen LogP contribution is 2.73. The Bertz CT molecular complexity index is 641. The van der Waals surface area contributed by atoms with Crippen molar-refractivity contribution in [2.45, 2.75) is 64.6 Å². The number of allylic oxidation sites excluding steroid dienone is 1. The molecule has 3 nitrogen and oxygen atoms in total. The Morgan fingerprint density at radius 2 is 1.96 bits per heavy atom. The van der Waals surface area contributed by atoms with E-state index in [9.17, 15) is 15.0 Å². The molecule has 10 atom stereocenters. The summed E-state index contributed by atoms with van der Waals surface area (Å²) in [6, 6.07) is 0. The molecular formula is C21H30O3. The van der Waals surface area contributed by atoms with Gasteiger partial charge in [-0.1, -0.05) is 32.9 Å². The number of rotatable bonds is 0. The Hall–Kier alpha value is -0.670. The van der Waals surface area contributed by atoms with E-state index >= 15 is 0 Å². The molecule has 2 N–H and O–H groups in total. The molecule has 5 aliphatic carbocycles. The highest BCUT2D eigenvalue weighted by Gasteiger charge is 2.74. The molecule has 0 aromatic carbocycles. The predicted molar refractivity (Wildman–Crippen MR) is 91.0 cm³/mol. The number of carbonyl (C=O) groups is 1. The fraction of sp³-hybridized carbons (Fsp3) is 0.857. The van der Waals surface area contributed by atoms with Crippen LogP contribution in [-0.2, 0) is 4.79 Å². The van der Waals surface area contributed by atoms with Crippen molar-refractivity contribution in [2.24, 2.45) is 46.3 Å². The minimum atomic E-state index is -0.878. The number of aliphatic hydroxyl groups excluding tert-OH is 1. The molecule has 0 amide bonds. The summed E-state index contributed by atoms with van der Waals surface area (Å²) in [5, 5.41) is 21.4. The van der Waals surface area contributed by atoms with Crippen LogP contribution in [0.4, 0.5) is 0 Å². The first kappa shape index (κ1) is 15.6. The van der Waals surface area contributed by atoms with Crippen LogP contribution < -0.4 is 0 Å². The fourth-order valence-electron chi connectivity index (χ4n) is 7.71. The molecule has 0 saturated heterocycles. The fourth-order valence-corrected chi connectivity index (χ4v) is 7.71. The highest BCUT2D eigenvalue weighted by molar-refractivity contribution is 5.93. The summed E-state index contributed by atoms with van der Waals surface area (Å²) in [4.78, 5) is 12.9. The lowest BCUT2D eigenvalue weighted by molar-refractivity contribution is -0.169. The standard InChI is InChI=1S/C21H30O3/c1-11-15-16(11)18(23)19(2)7-6-14-13(17(15)19)5-9-21(24)10-12(22)4-8-20(14,21)3/h5,9,11-17,22,24H,4,6-8,10H2,1-3H3/t11-,12-,13?,14?,15?,16?,17?,19-,20+,21-/m0/s1.